The highest BCUT2D eigenvalue weighted by molar-refractivity contribution is 7.92. The lowest BCUT2D eigenvalue weighted by Crippen LogP contribution is -2.14. The molecule has 3 aromatic carbocycles. The molecule has 0 spiro atoms. The Morgan fingerprint density at radius 2 is 1.79 bits per heavy atom. The number of halogens is 1. The van der Waals surface area contributed by atoms with Gasteiger partial charge >= 0.3 is 0 Å². The Morgan fingerprint density at radius 1 is 1.03 bits per heavy atom. The van der Waals surface area contributed by atoms with E-state index in [-0.39, 0.29) is 5.69 Å². The number of rotatable bonds is 8. The largest absolute Gasteiger partial charge is 0.493 e. The van der Waals surface area contributed by atoms with Crippen molar-refractivity contribution in [3.05, 3.63) is 89.7 Å². The van der Waals surface area contributed by atoms with E-state index < -0.39 is 20.7 Å². The van der Waals surface area contributed by atoms with Crippen LogP contribution in [-0.4, -0.2) is 21.2 Å². The van der Waals surface area contributed by atoms with Crippen LogP contribution in [-0.2, 0) is 16.4 Å². The average Bonchev–Trinajstić information content (AvgIpc) is 2.70. The molecule has 0 aliphatic rings. The molecule has 3 N–H and O–H groups in total. The summed E-state index contributed by atoms with van der Waals surface area (Å²) in [6.45, 7) is 0.411. The number of hydrogen-bond donors (Lipinski definition) is 2. The fraction of sp³-hybridized carbons (Fsp3) is 0.0952. The van der Waals surface area contributed by atoms with Gasteiger partial charge in [0, 0.05) is 12.5 Å². The van der Waals surface area contributed by atoms with E-state index in [9.17, 15) is 12.8 Å². The summed E-state index contributed by atoms with van der Waals surface area (Å²) < 4.78 is 46.7. The number of nitrogens with two attached hydrogens (primary N) is 1. The molecule has 0 atom stereocenters. The second kappa shape index (κ2) is 9.20. The van der Waals surface area contributed by atoms with Crippen LogP contribution in [0.5, 0.6) is 5.75 Å². The van der Waals surface area contributed by atoms with E-state index >= 15 is 0 Å². The number of sulfonamides is 1. The van der Waals surface area contributed by atoms with Crippen LogP contribution >= 0.6 is 0 Å². The fourth-order valence-corrected chi connectivity index (χ4v) is 3.80. The Labute approximate surface area is 168 Å². The summed E-state index contributed by atoms with van der Waals surface area (Å²) in [4.78, 5) is -0.408. The Bertz CT molecular complexity index is 1100. The van der Waals surface area contributed by atoms with Crippen molar-refractivity contribution in [2.24, 2.45) is 10.9 Å². The summed E-state index contributed by atoms with van der Waals surface area (Å²) in [7, 11) is -4.03. The second-order valence-electron chi connectivity index (χ2n) is 6.18. The first kappa shape index (κ1) is 20.3. The molecule has 3 aromatic rings. The summed E-state index contributed by atoms with van der Waals surface area (Å²) >= 11 is 0. The van der Waals surface area contributed by atoms with E-state index in [0.29, 0.717) is 18.8 Å². The summed E-state index contributed by atoms with van der Waals surface area (Å²) in [5.41, 5.74) is 2.28. The van der Waals surface area contributed by atoms with Crippen LogP contribution in [0.2, 0.25) is 0 Å². The molecule has 29 heavy (non-hydrogen) atoms. The van der Waals surface area contributed by atoms with Crippen molar-refractivity contribution in [2.45, 2.75) is 11.3 Å². The van der Waals surface area contributed by atoms with Crippen molar-refractivity contribution in [3.63, 3.8) is 0 Å². The Balaban J connectivity index is 1.61. The minimum Gasteiger partial charge on any atom is -0.493 e. The molecule has 0 radical (unpaired) electrons. The van der Waals surface area contributed by atoms with Crippen molar-refractivity contribution in [3.8, 4) is 5.75 Å². The van der Waals surface area contributed by atoms with E-state index in [1.807, 2.05) is 24.3 Å². The van der Waals surface area contributed by atoms with Gasteiger partial charge in [-0.05, 0) is 35.4 Å². The lowest BCUT2D eigenvalue weighted by atomic mass is 10.1. The zero-order valence-electron chi connectivity index (χ0n) is 15.5. The maximum Gasteiger partial charge on any atom is 0.264 e. The molecule has 0 bridgehead atoms. The third-order valence-corrected chi connectivity index (χ3v) is 5.49. The molecular formula is C21H20FN3O3S. The van der Waals surface area contributed by atoms with E-state index in [1.165, 1.54) is 18.2 Å². The quantitative estimate of drug-likeness (QED) is 0.336. The first-order valence-electron chi connectivity index (χ1n) is 8.80. The first-order chi connectivity index (χ1) is 14.0. The lowest BCUT2D eigenvalue weighted by Gasteiger charge is -2.11. The van der Waals surface area contributed by atoms with E-state index in [1.54, 1.807) is 30.5 Å². The van der Waals surface area contributed by atoms with Crippen LogP contribution < -0.4 is 15.3 Å². The zero-order chi connectivity index (χ0) is 20.7. The topological polar surface area (TPSA) is 93.8 Å². The summed E-state index contributed by atoms with van der Waals surface area (Å²) in [5.74, 6) is 4.82. The van der Waals surface area contributed by atoms with E-state index in [4.69, 9.17) is 10.6 Å². The molecule has 0 aromatic heterocycles. The molecule has 0 unspecified atom stereocenters. The van der Waals surface area contributed by atoms with E-state index in [2.05, 4.69) is 9.82 Å². The van der Waals surface area contributed by atoms with Gasteiger partial charge < -0.3 is 10.6 Å². The molecule has 0 amide bonds. The van der Waals surface area contributed by atoms with Crippen molar-refractivity contribution >= 4 is 21.9 Å². The monoisotopic (exact) mass is 413 g/mol. The average molecular weight is 413 g/mol. The third-order valence-electron chi connectivity index (χ3n) is 4.08. The standard InChI is InChI=1S/C21H20FN3O3S/c22-20-6-1-2-7-21(20)29(26,27)25-18-4-3-5-19(14-18)28-13-12-16-8-10-17(11-9-16)15-24-23/h1-11,14-15,25H,12-13,23H2/b24-15-. The number of nitrogens with zero attached hydrogens (tertiary/aromatic N) is 1. The van der Waals surface area contributed by atoms with Crippen LogP contribution in [0.25, 0.3) is 0 Å². The van der Waals surface area contributed by atoms with Crippen molar-refractivity contribution < 1.29 is 17.5 Å². The molecule has 3 rings (SSSR count). The van der Waals surface area contributed by atoms with Gasteiger partial charge in [-0.15, -0.1) is 0 Å². The summed E-state index contributed by atoms with van der Waals surface area (Å²) in [6.07, 6.45) is 2.24. The van der Waals surface area contributed by atoms with Gasteiger partial charge in [-0.25, -0.2) is 12.8 Å². The molecule has 0 aliphatic carbocycles. The van der Waals surface area contributed by atoms with Gasteiger partial charge in [-0.2, -0.15) is 5.10 Å². The Hall–Kier alpha value is -3.39. The molecule has 0 saturated heterocycles. The van der Waals surface area contributed by atoms with Crippen LogP contribution in [0, 0.1) is 5.82 Å². The Kier molecular flexibility index (Phi) is 6.46. The molecule has 0 fully saturated rings. The van der Waals surface area contributed by atoms with Gasteiger partial charge in [0.1, 0.15) is 16.5 Å². The summed E-state index contributed by atoms with van der Waals surface area (Å²) in [6, 6.07) is 19.5. The minimum absolute atomic E-state index is 0.288. The molecule has 0 heterocycles. The molecule has 0 aliphatic heterocycles. The molecule has 8 heteroatoms. The van der Waals surface area contributed by atoms with Crippen LogP contribution in [0.4, 0.5) is 10.1 Å². The molecule has 0 saturated carbocycles. The number of benzene rings is 3. The number of hydrazone groups is 1. The van der Waals surface area contributed by atoms with Crippen molar-refractivity contribution in [1.82, 2.24) is 0 Å². The number of anilines is 1. The highest BCUT2D eigenvalue weighted by Gasteiger charge is 2.18. The van der Waals surface area contributed by atoms with Gasteiger partial charge in [-0.1, -0.05) is 42.5 Å². The smallest absolute Gasteiger partial charge is 0.264 e. The SMILES string of the molecule is N/N=C\c1ccc(CCOc2cccc(NS(=O)(=O)c3ccccc3F)c2)cc1. The van der Waals surface area contributed by atoms with Gasteiger partial charge in [0.05, 0.1) is 18.5 Å². The lowest BCUT2D eigenvalue weighted by molar-refractivity contribution is 0.322. The third kappa shape index (κ3) is 5.55. The highest BCUT2D eigenvalue weighted by Crippen LogP contribution is 2.22. The van der Waals surface area contributed by atoms with Crippen LogP contribution in [0.15, 0.2) is 82.8 Å². The van der Waals surface area contributed by atoms with Crippen molar-refractivity contribution in [2.75, 3.05) is 11.3 Å². The second-order valence-corrected chi connectivity index (χ2v) is 7.83. The fourth-order valence-electron chi connectivity index (χ4n) is 2.67. The van der Waals surface area contributed by atoms with Crippen LogP contribution in [0.3, 0.4) is 0 Å². The van der Waals surface area contributed by atoms with Gasteiger partial charge in [0.15, 0.2) is 0 Å². The van der Waals surface area contributed by atoms with E-state index in [0.717, 1.165) is 17.2 Å². The maximum absolute atomic E-state index is 13.8. The van der Waals surface area contributed by atoms with Crippen molar-refractivity contribution in [1.29, 1.82) is 0 Å². The number of nitrogens with one attached hydrogen (secondary N) is 1. The predicted octanol–water partition coefficient (Wildman–Crippen LogP) is 3.54. The predicted molar refractivity (Wildman–Crippen MR) is 111 cm³/mol. The normalized spacial score (nSPS) is 11.5. The summed E-state index contributed by atoms with van der Waals surface area (Å²) in [5, 5.41) is 3.48. The highest BCUT2D eigenvalue weighted by atomic mass is 32.2. The van der Waals surface area contributed by atoms with Gasteiger partial charge in [0.25, 0.3) is 10.0 Å². The molecule has 150 valence electrons. The minimum atomic E-state index is -4.03. The van der Waals surface area contributed by atoms with Gasteiger partial charge in [0.2, 0.25) is 0 Å². The molecular weight excluding hydrogens is 393 g/mol. The number of hydrogen-bond acceptors (Lipinski definition) is 5. The number of ether oxygens (including phenoxy) is 1. The zero-order valence-corrected chi connectivity index (χ0v) is 16.3. The Morgan fingerprint density at radius 3 is 2.52 bits per heavy atom. The molecule has 6 nitrogen and oxygen atoms in total. The maximum atomic E-state index is 13.8. The first-order valence-corrected chi connectivity index (χ1v) is 10.3. The van der Waals surface area contributed by atoms with Crippen LogP contribution in [0.1, 0.15) is 11.1 Å². The van der Waals surface area contributed by atoms with Gasteiger partial charge in [-0.3, -0.25) is 4.72 Å².